The molecule has 0 aromatic heterocycles. The first-order valence-electron chi connectivity index (χ1n) is 6.88. The van der Waals surface area contributed by atoms with Gasteiger partial charge in [-0.05, 0) is 20.3 Å². The lowest BCUT2D eigenvalue weighted by molar-refractivity contribution is 0.258. The van der Waals surface area contributed by atoms with Gasteiger partial charge in [0.25, 0.3) is 0 Å². The summed E-state index contributed by atoms with van der Waals surface area (Å²) in [7, 11) is -1.28. The number of aliphatic imine (C=N–C) groups is 1. The molecular formula is C14H20N4Si. The van der Waals surface area contributed by atoms with Crippen LogP contribution in [-0.2, 0) is 0 Å². The normalized spacial score (nSPS) is 50.2. The molecule has 4 nitrogen and oxygen atoms in total. The summed E-state index contributed by atoms with van der Waals surface area (Å²) in [5.74, 6) is 0.217. The highest BCUT2D eigenvalue weighted by Gasteiger charge is 2.89. The fourth-order valence-electron chi connectivity index (χ4n) is 4.42. The Balaban J connectivity index is 2.08. The summed E-state index contributed by atoms with van der Waals surface area (Å²) in [5.41, 5.74) is -0.532. The first-order valence-corrected chi connectivity index (χ1v) is 10.6. The number of piperidine rings is 1. The van der Waals surface area contributed by atoms with Gasteiger partial charge in [-0.1, -0.05) is 25.7 Å². The Bertz CT molecular complexity index is 578. The van der Waals surface area contributed by atoms with Gasteiger partial charge in [0.2, 0.25) is 5.66 Å². The summed E-state index contributed by atoms with van der Waals surface area (Å²) in [5, 5.41) is 19.4. The molecule has 0 radical (unpaired) electrons. The number of nitriles is 2. The van der Waals surface area contributed by atoms with Crippen molar-refractivity contribution in [3.8, 4) is 12.1 Å². The molecule has 19 heavy (non-hydrogen) atoms. The second kappa shape index (κ2) is 3.11. The summed E-state index contributed by atoms with van der Waals surface area (Å²) in [4.78, 5) is 6.80. The third kappa shape index (κ3) is 1.15. The maximum Gasteiger partial charge on any atom is 0.205 e. The van der Waals surface area contributed by atoms with Gasteiger partial charge in [-0.3, -0.25) is 4.99 Å². The monoisotopic (exact) mass is 272 g/mol. The quantitative estimate of drug-likeness (QED) is 0.572. The lowest BCUT2D eigenvalue weighted by Crippen LogP contribution is -2.42. The average Bonchev–Trinajstić information content (AvgIpc) is 2.62. The van der Waals surface area contributed by atoms with E-state index in [-0.39, 0.29) is 11.5 Å². The van der Waals surface area contributed by atoms with E-state index in [1.807, 2.05) is 6.92 Å². The van der Waals surface area contributed by atoms with Crippen LogP contribution in [0.1, 0.15) is 20.3 Å². The number of nitrogens with zero attached hydrogens (tertiary/aromatic N) is 4. The molecule has 0 aliphatic carbocycles. The van der Waals surface area contributed by atoms with Gasteiger partial charge in [0.05, 0.1) is 11.6 Å². The maximum atomic E-state index is 9.76. The minimum absolute atomic E-state index is 0.217. The lowest BCUT2D eigenvalue weighted by atomic mass is 9.83. The van der Waals surface area contributed by atoms with Crippen LogP contribution >= 0.6 is 0 Å². The average molecular weight is 272 g/mol. The molecule has 3 aliphatic heterocycles. The summed E-state index contributed by atoms with van der Waals surface area (Å²) in [6, 6.07) is 6.02. The summed E-state index contributed by atoms with van der Waals surface area (Å²) in [6.07, 6.45) is 0.804. The van der Waals surface area contributed by atoms with E-state index in [1.54, 1.807) is 0 Å². The molecule has 0 spiro atoms. The number of hydrogen-bond donors (Lipinski definition) is 0. The zero-order valence-corrected chi connectivity index (χ0v) is 13.3. The molecule has 0 saturated carbocycles. The fraction of sp³-hybridized carbons (Fsp3) is 0.786. The van der Waals surface area contributed by atoms with Crippen LogP contribution in [-0.4, -0.2) is 35.4 Å². The smallest absolute Gasteiger partial charge is 0.205 e. The van der Waals surface area contributed by atoms with Crippen LogP contribution in [0.2, 0.25) is 25.7 Å². The van der Waals surface area contributed by atoms with Gasteiger partial charge in [0, 0.05) is 19.7 Å². The lowest BCUT2D eigenvalue weighted by Gasteiger charge is -2.30. The van der Waals surface area contributed by atoms with E-state index in [2.05, 4.69) is 43.6 Å². The molecule has 100 valence electrons. The highest BCUT2D eigenvalue weighted by molar-refractivity contribution is 6.76. The standard InChI is InChI=1S/C14H20N4Si/c1-10-12(2)13(8-15)6-11(7-19(3,4)5)14(9-16,17-10)18(12)13/h11H,6-7H2,1-5H3/t11-,12?,13?,14-,18?/m0/s1. The van der Waals surface area contributed by atoms with Crippen LogP contribution < -0.4 is 0 Å². The molecule has 3 rings (SSSR count). The van der Waals surface area contributed by atoms with Crippen LogP contribution in [0.5, 0.6) is 0 Å². The van der Waals surface area contributed by atoms with Crippen LogP contribution in [0.25, 0.3) is 0 Å². The zero-order valence-electron chi connectivity index (χ0n) is 12.3. The molecule has 3 unspecified atom stereocenters. The van der Waals surface area contributed by atoms with Crippen molar-refractivity contribution in [2.45, 2.75) is 62.7 Å². The molecule has 3 heterocycles. The second-order valence-corrected chi connectivity index (χ2v) is 13.1. The van der Waals surface area contributed by atoms with Gasteiger partial charge < -0.3 is 0 Å². The molecule has 5 atom stereocenters. The molecule has 0 N–H and O–H groups in total. The van der Waals surface area contributed by atoms with E-state index in [9.17, 15) is 10.5 Å². The van der Waals surface area contributed by atoms with Crippen LogP contribution in [0, 0.1) is 28.6 Å². The van der Waals surface area contributed by atoms with E-state index < -0.39 is 19.3 Å². The van der Waals surface area contributed by atoms with E-state index >= 15 is 0 Å². The summed E-state index contributed by atoms with van der Waals surface area (Å²) < 4.78 is 0. The van der Waals surface area contributed by atoms with E-state index in [1.165, 1.54) is 0 Å². The summed E-state index contributed by atoms with van der Waals surface area (Å²) in [6.45, 7) is 11.0. The van der Waals surface area contributed by atoms with E-state index in [4.69, 9.17) is 4.99 Å². The van der Waals surface area contributed by atoms with Crippen molar-refractivity contribution in [1.82, 2.24) is 4.90 Å². The predicted octanol–water partition coefficient (Wildman–Crippen LogP) is 2.38. The largest absolute Gasteiger partial charge is 0.255 e. The molecule has 3 aliphatic rings. The third-order valence-electron chi connectivity index (χ3n) is 5.29. The van der Waals surface area contributed by atoms with Crippen molar-refractivity contribution in [3.63, 3.8) is 0 Å². The van der Waals surface area contributed by atoms with Gasteiger partial charge >= 0.3 is 0 Å². The first-order chi connectivity index (χ1) is 8.68. The van der Waals surface area contributed by atoms with Crippen molar-refractivity contribution in [1.29, 1.82) is 10.5 Å². The van der Waals surface area contributed by atoms with Crippen LogP contribution in [0.3, 0.4) is 0 Å². The number of hydrogen-bond acceptors (Lipinski definition) is 4. The Labute approximate surface area is 115 Å². The highest BCUT2D eigenvalue weighted by atomic mass is 28.3. The second-order valence-electron chi connectivity index (χ2n) is 7.58. The SMILES string of the molecule is CC1=N[C@]2(C#N)[C@H](C[Si](C)(C)C)CC3(C#N)N2C13C. The molecule has 0 amide bonds. The summed E-state index contributed by atoms with van der Waals surface area (Å²) >= 11 is 0. The van der Waals surface area contributed by atoms with Crippen molar-refractivity contribution in [2.24, 2.45) is 10.9 Å². The molecule has 2 fully saturated rings. The Kier molecular flexibility index (Phi) is 2.10. The maximum absolute atomic E-state index is 9.76. The zero-order chi connectivity index (χ0) is 14.3. The predicted molar refractivity (Wildman–Crippen MR) is 76.3 cm³/mol. The highest BCUT2D eigenvalue weighted by Crippen LogP contribution is 2.71. The minimum Gasteiger partial charge on any atom is -0.255 e. The van der Waals surface area contributed by atoms with Gasteiger partial charge in [-0.15, -0.1) is 0 Å². The molecule has 2 saturated heterocycles. The van der Waals surface area contributed by atoms with E-state index in [0.717, 1.165) is 18.2 Å². The molecule has 5 heteroatoms. The Morgan fingerprint density at radius 2 is 2.00 bits per heavy atom. The Morgan fingerprint density at radius 3 is 2.47 bits per heavy atom. The van der Waals surface area contributed by atoms with Crippen LogP contribution in [0.4, 0.5) is 0 Å². The molecule has 0 bridgehead atoms. The first kappa shape index (κ1) is 12.8. The van der Waals surface area contributed by atoms with Gasteiger partial charge in [0.15, 0.2) is 0 Å². The van der Waals surface area contributed by atoms with Crippen molar-refractivity contribution in [2.75, 3.05) is 0 Å². The number of rotatable bonds is 2. The van der Waals surface area contributed by atoms with Gasteiger partial charge in [-0.25, -0.2) is 4.90 Å². The van der Waals surface area contributed by atoms with E-state index in [0.29, 0.717) is 0 Å². The van der Waals surface area contributed by atoms with Crippen molar-refractivity contribution in [3.05, 3.63) is 0 Å². The van der Waals surface area contributed by atoms with Crippen molar-refractivity contribution < 1.29 is 0 Å². The molecule has 0 aromatic rings. The van der Waals surface area contributed by atoms with Gasteiger partial charge in [-0.2, -0.15) is 10.5 Å². The Morgan fingerprint density at radius 1 is 1.37 bits per heavy atom. The van der Waals surface area contributed by atoms with Gasteiger partial charge in [0.1, 0.15) is 11.6 Å². The topological polar surface area (TPSA) is 62.9 Å². The minimum atomic E-state index is -1.28. The molecule has 0 aromatic carbocycles. The molecular weight excluding hydrogens is 252 g/mol. The Hall–Kier alpha value is -1.17. The number of fused-ring (bicyclic) bond motifs is 1. The van der Waals surface area contributed by atoms with Crippen LogP contribution in [0.15, 0.2) is 4.99 Å². The third-order valence-corrected chi connectivity index (χ3v) is 7.00. The van der Waals surface area contributed by atoms with Crippen molar-refractivity contribution >= 4 is 13.8 Å². The fourth-order valence-corrected chi connectivity index (χ4v) is 6.33.